The molecule has 0 saturated heterocycles. The number of benzene rings is 2. The lowest BCUT2D eigenvalue weighted by atomic mass is 10.2. The SMILES string of the molecule is Cc1ccc(N(CCC#N)C(=O)Nc2ccc(Cl)cc2)cc1. The molecule has 0 bridgehead atoms. The summed E-state index contributed by atoms with van der Waals surface area (Å²) in [6.07, 6.45) is 0.266. The molecule has 0 radical (unpaired) electrons. The summed E-state index contributed by atoms with van der Waals surface area (Å²) in [5.74, 6) is 0. The lowest BCUT2D eigenvalue weighted by Crippen LogP contribution is -2.35. The van der Waals surface area contributed by atoms with Gasteiger partial charge in [-0.15, -0.1) is 0 Å². The zero-order valence-corrected chi connectivity index (χ0v) is 13.0. The number of halogens is 1. The molecule has 0 saturated carbocycles. The molecule has 0 fully saturated rings. The van der Waals surface area contributed by atoms with Gasteiger partial charge in [0.25, 0.3) is 0 Å². The highest BCUT2D eigenvalue weighted by molar-refractivity contribution is 6.30. The zero-order chi connectivity index (χ0) is 15.9. The number of nitriles is 1. The monoisotopic (exact) mass is 313 g/mol. The lowest BCUT2D eigenvalue weighted by Gasteiger charge is -2.22. The number of nitrogens with zero attached hydrogens (tertiary/aromatic N) is 2. The predicted octanol–water partition coefficient (Wildman–Crippen LogP) is 4.60. The van der Waals surface area contributed by atoms with Crippen molar-refractivity contribution in [1.82, 2.24) is 0 Å². The third-order valence-electron chi connectivity index (χ3n) is 3.13. The second kappa shape index (κ2) is 7.48. The maximum atomic E-state index is 12.5. The summed E-state index contributed by atoms with van der Waals surface area (Å²) in [5.41, 5.74) is 2.53. The first-order valence-electron chi connectivity index (χ1n) is 6.88. The van der Waals surface area contributed by atoms with Crippen LogP contribution in [0.1, 0.15) is 12.0 Å². The number of aryl methyl sites for hydroxylation is 1. The summed E-state index contributed by atoms with van der Waals surface area (Å²) in [6, 6.07) is 16.3. The number of amides is 2. The van der Waals surface area contributed by atoms with E-state index in [9.17, 15) is 4.79 Å². The van der Waals surface area contributed by atoms with Crippen molar-refractivity contribution < 1.29 is 4.79 Å². The maximum Gasteiger partial charge on any atom is 0.326 e. The van der Waals surface area contributed by atoms with Gasteiger partial charge in [0.05, 0.1) is 12.5 Å². The van der Waals surface area contributed by atoms with Gasteiger partial charge in [0.15, 0.2) is 0 Å². The van der Waals surface area contributed by atoms with Crippen LogP contribution in [0.25, 0.3) is 0 Å². The van der Waals surface area contributed by atoms with E-state index < -0.39 is 0 Å². The Balaban J connectivity index is 2.17. The lowest BCUT2D eigenvalue weighted by molar-refractivity contribution is 0.257. The van der Waals surface area contributed by atoms with Crippen LogP contribution >= 0.6 is 11.6 Å². The van der Waals surface area contributed by atoms with Gasteiger partial charge in [-0.3, -0.25) is 4.90 Å². The third kappa shape index (κ3) is 4.24. The molecule has 0 spiro atoms. The molecule has 2 rings (SSSR count). The molecule has 0 aliphatic rings. The van der Waals surface area contributed by atoms with Crippen molar-refractivity contribution >= 4 is 29.0 Å². The van der Waals surface area contributed by atoms with Crippen LogP contribution in [0.5, 0.6) is 0 Å². The highest BCUT2D eigenvalue weighted by atomic mass is 35.5. The average molecular weight is 314 g/mol. The minimum absolute atomic E-state index is 0.266. The number of hydrogen-bond donors (Lipinski definition) is 1. The highest BCUT2D eigenvalue weighted by Crippen LogP contribution is 2.18. The number of hydrogen-bond acceptors (Lipinski definition) is 2. The van der Waals surface area contributed by atoms with Crippen LogP contribution in [-0.4, -0.2) is 12.6 Å². The topological polar surface area (TPSA) is 56.1 Å². The zero-order valence-electron chi connectivity index (χ0n) is 12.2. The van der Waals surface area contributed by atoms with Crippen LogP contribution in [0, 0.1) is 18.3 Å². The normalized spacial score (nSPS) is 9.86. The summed E-state index contributed by atoms with van der Waals surface area (Å²) < 4.78 is 0. The highest BCUT2D eigenvalue weighted by Gasteiger charge is 2.15. The van der Waals surface area contributed by atoms with Crippen molar-refractivity contribution in [1.29, 1.82) is 5.26 Å². The molecule has 1 N–H and O–H groups in total. The second-order valence-electron chi connectivity index (χ2n) is 4.83. The number of carbonyl (C=O) groups is 1. The van der Waals surface area contributed by atoms with Gasteiger partial charge in [0, 0.05) is 22.9 Å². The summed E-state index contributed by atoms with van der Waals surface area (Å²) in [6.45, 7) is 2.32. The average Bonchev–Trinajstić information content (AvgIpc) is 2.51. The molecule has 2 aromatic rings. The fourth-order valence-electron chi connectivity index (χ4n) is 1.96. The summed E-state index contributed by atoms with van der Waals surface area (Å²) >= 11 is 5.83. The first-order valence-corrected chi connectivity index (χ1v) is 7.25. The fourth-order valence-corrected chi connectivity index (χ4v) is 2.08. The maximum absolute atomic E-state index is 12.5. The molecule has 5 heteroatoms. The number of urea groups is 1. The van der Waals surface area contributed by atoms with Crippen molar-refractivity contribution in [2.24, 2.45) is 0 Å². The minimum Gasteiger partial charge on any atom is -0.308 e. The summed E-state index contributed by atoms with van der Waals surface area (Å²) in [4.78, 5) is 14.0. The molecule has 0 aromatic heterocycles. The Morgan fingerprint density at radius 1 is 1.18 bits per heavy atom. The molecule has 2 aromatic carbocycles. The number of rotatable bonds is 4. The van der Waals surface area contributed by atoms with E-state index in [2.05, 4.69) is 11.4 Å². The molecular weight excluding hydrogens is 298 g/mol. The molecule has 0 aliphatic heterocycles. The van der Waals surface area contributed by atoms with Gasteiger partial charge in [-0.2, -0.15) is 5.26 Å². The summed E-state index contributed by atoms with van der Waals surface area (Å²) in [5, 5.41) is 12.2. The molecule has 0 aliphatic carbocycles. The van der Waals surface area contributed by atoms with Gasteiger partial charge in [0.1, 0.15) is 0 Å². The van der Waals surface area contributed by atoms with E-state index in [1.807, 2.05) is 31.2 Å². The van der Waals surface area contributed by atoms with Crippen molar-refractivity contribution in [2.45, 2.75) is 13.3 Å². The van der Waals surface area contributed by atoms with Gasteiger partial charge >= 0.3 is 6.03 Å². The number of nitrogens with one attached hydrogen (secondary N) is 1. The Bertz CT molecular complexity index is 675. The van der Waals surface area contributed by atoms with E-state index in [0.717, 1.165) is 11.3 Å². The van der Waals surface area contributed by atoms with Gasteiger partial charge in [0.2, 0.25) is 0 Å². The molecular formula is C17H16ClN3O. The van der Waals surface area contributed by atoms with Crippen LogP contribution in [0.15, 0.2) is 48.5 Å². The van der Waals surface area contributed by atoms with Crippen LogP contribution < -0.4 is 10.2 Å². The van der Waals surface area contributed by atoms with Gasteiger partial charge < -0.3 is 5.32 Å². The molecule has 4 nitrogen and oxygen atoms in total. The minimum atomic E-state index is -0.276. The van der Waals surface area contributed by atoms with E-state index in [-0.39, 0.29) is 12.5 Å². The van der Waals surface area contributed by atoms with Crippen LogP contribution in [0.3, 0.4) is 0 Å². The van der Waals surface area contributed by atoms with Gasteiger partial charge in [-0.05, 0) is 43.3 Å². The Morgan fingerprint density at radius 2 is 1.82 bits per heavy atom. The van der Waals surface area contributed by atoms with Crippen molar-refractivity contribution in [2.75, 3.05) is 16.8 Å². The Labute approximate surface area is 134 Å². The molecule has 0 atom stereocenters. The first-order chi connectivity index (χ1) is 10.6. The fraction of sp³-hybridized carbons (Fsp3) is 0.176. The van der Waals surface area contributed by atoms with Crippen LogP contribution in [0.4, 0.5) is 16.2 Å². The molecule has 112 valence electrons. The van der Waals surface area contributed by atoms with E-state index in [0.29, 0.717) is 17.3 Å². The predicted molar refractivity (Wildman–Crippen MR) is 89.2 cm³/mol. The largest absolute Gasteiger partial charge is 0.326 e. The number of anilines is 2. The van der Waals surface area contributed by atoms with Gasteiger partial charge in [-0.25, -0.2) is 4.79 Å². The van der Waals surface area contributed by atoms with E-state index in [1.54, 1.807) is 29.2 Å². The molecule has 0 unspecified atom stereocenters. The third-order valence-corrected chi connectivity index (χ3v) is 3.39. The first kappa shape index (κ1) is 15.9. The van der Waals surface area contributed by atoms with Crippen LogP contribution in [0.2, 0.25) is 5.02 Å². The van der Waals surface area contributed by atoms with Crippen molar-refractivity contribution in [3.63, 3.8) is 0 Å². The van der Waals surface area contributed by atoms with Crippen molar-refractivity contribution in [3.05, 3.63) is 59.1 Å². The molecule has 22 heavy (non-hydrogen) atoms. The summed E-state index contributed by atoms with van der Waals surface area (Å²) in [7, 11) is 0. The Hall–Kier alpha value is -2.51. The standard InChI is InChI=1S/C17H16ClN3O/c1-13-3-9-16(10-4-13)21(12-2-11-19)17(22)20-15-7-5-14(18)6-8-15/h3-10H,2,12H2,1H3,(H,20,22). The molecule has 0 heterocycles. The van der Waals surface area contributed by atoms with Gasteiger partial charge in [-0.1, -0.05) is 29.3 Å². The van der Waals surface area contributed by atoms with E-state index in [4.69, 9.17) is 16.9 Å². The number of carbonyl (C=O) groups excluding carboxylic acids is 1. The Morgan fingerprint density at radius 3 is 2.41 bits per heavy atom. The van der Waals surface area contributed by atoms with E-state index >= 15 is 0 Å². The Kier molecular flexibility index (Phi) is 5.40. The quantitative estimate of drug-likeness (QED) is 0.896. The second-order valence-corrected chi connectivity index (χ2v) is 5.27. The van der Waals surface area contributed by atoms with Crippen molar-refractivity contribution in [3.8, 4) is 6.07 Å². The molecule has 2 amide bonds. The smallest absolute Gasteiger partial charge is 0.308 e. The van der Waals surface area contributed by atoms with Crippen LogP contribution in [-0.2, 0) is 0 Å². The van der Waals surface area contributed by atoms with E-state index in [1.165, 1.54) is 0 Å².